The Morgan fingerprint density at radius 1 is 1.35 bits per heavy atom. The molecular weight excluding hydrogens is 252 g/mol. The number of carbonyl (C=O) groups is 1. The summed E-state index contributed by atoms with van der Waals surface area (Å²) in [6.45, 7) is 2.53. The van der Waals surface area contributed by atoms with Crippen molar-refractivity contribution < 1.29 is 9.90 Å². The predicted octanol–water partition coefficient (Wildman–Crippen LogP) is 3.05. The minimum atomic E-state index is -0.480. The number of hydrogen-bond acceptors (Lipinski definition) is 2. The Bertz CT molecular complexity index is 488. The van der Waals surface area contributed by atoms with Crippen molar-refractivity contribution in [1.29, 1.82) is 0 Å². The molecule has 0 aromatic heterocycles. The van der Waals surface area contributed by atoms with E-state index >= 15 is 0 Å². The van der Waals surface area contributed by atoms with Crippen LogP contribution in [-0.2, 0) is 0 Å². The Balaban J connectivity index is 1.48. The summed E-state index contributed by atoms with van der Waals surface area (Å²) in [6, 6.07) is 7.14. The lowest BCUT2D eigenvalue weighted by Gasteiger charge is -2.15. The molecule has 0 spiro atoms. The number of anilines is 1. The molecule has 1 aromatic carbocycles. The van der Waals surface area contributed by atoms with E-state index in [0.717, 1.165) is 23.7 Å². The molecule has 4 nitrogen and oxygen atoms in total. The maximum Gasteiger partial charge on any atom is 0.319 e. The van der Waals surface area contributed by atoms with Gasteiger partial charge in [0.2, 0.25) is 0 Å². The number of aliphatic hydroxyl groups excluding tert-OH is 1. The maximum absolute atomic E-state index is 11.9. The Kier molecular flexibility index (Phi) is 3.42. The predicted molar refractivity (Wildman–Crippen MR) is 78.5 cm³/mol. The highest BCUT2D eigenvalue weighted by Gasteiger charge is 2.53. The number of aliphatic hydroxyl groups is 1. The van der Waals surface area contributed by atoms with Crippen LogP contribution >= 0.6 is 0 Å². The van der Waals surface area contributed by atoms with Gasteiger partial charge in [-0.25, -0.2) is 4.79 Å². The first-order valence-corrected chi connectivity index (χ1v) is 7.42. The zero-order valence-electron chi connectivity index (χ0n) is 11.9. The number of nitrogens with one attached hydrogen (secondary N) is 2. The van der Waals surface area contributed by atoms with Crippen LogP contribution in [-0.4, -0.2) is 17.7 Å². The molecule has 0 aliphatic heterocycles. The zero-order chi connectivity index (χ0) is 14.2. The Labute approximate surface area is 119 Å². The normalized spacial score (nSPS) is 21.1. The minimum Gasteiger partial charge on any atom is -0.389 e. The van der Waals surface area contributed by atoms with Gasteiger partial charge in [-0.05, 0) is 61.6 Å². The summed E-state index contributed by atoms with van der Waals surface area (Å²) < 4.78 is 0. The summed E-state index contributed by atoms with van der Waals surface area (Å²) in [6.07, 6.45) is 4.72. The van der Waals surface area contributed by atoms with Crippen molar-refractivity contribution >= 4 is 11.7 Å². The fourth-order valence-electron chi connectivity index (χ4n) is 2.86. The van der Waals surface area contributed by atoms with Crippen molar-refractivity contribution in [3.8, 4) is 0 Å². The van der Waals surface area contributed by atoms with Gasteiger partial charge in [-0.1, -0.05) is 12.1 Å². The molecule has 0 saturated heterocycles. The van der Waals surface area contributed by atoms with Crippen molar-refractivity contribution in [1.82, 2.24) is 5.32 Å². The van der Waals surface area contributed by atoms with E-state index in [-0.39, 0.29) is 6.03 Å². The molecule has 1 aromatic rings. The van der Waals surface area contributed by atoms with Crippen molar-refractivity contribution in [2.24, 2.45) is 11.3 Å². The highest BCUT2D eigenvalue weighted by molar-refractivity contribution is 5.89. The number of urea groups is 1. The van der Waals surface area contributed by atoms with Crippen molar-refractivity contribution in [3.63, 3.8) is 0 Å². The Hall–Kier alpha value is -1.55. The van der Waals surface area contributed by atoms with Crippen molar-refractivity contribution in [3.05, 3.63) is 29.8 Å². The Morgan fingerprint density at radius 3 is 2.50 bits per heavy atom. The van der Waals surface area contributed by atoms with Crippen LogP contribution in [0.2, 0.25) is 0 Å². The molecule has 2 fully saturated rings. The average molecular weight is 274 g/mol. The van der Waals surface area contributed by atoms with E-state index in [1.807, 2.05) is 24.3 Å². The molecule has 2 amide bonds. The summed E-state index contributed by atoms with van der Waals surface area (Å²) >= 11 is 0. The standard InChI is InChI=1S/C16H22N2O2/c1-11(19)12-2-6-14(7-3-12)18-15(20)17-10-16(8-9-16)13-4-5-13/h2-3,6-7,11,13,19H,4-5,8-10H2,1H3,(H2,17,18,20). The summed E-state index contributed by atoms with van der Waals surface area (Å²) in [7, 11) is 0. The molecule has 3 N–H and O–H groups in total. The van der Waals surface area contributed by atoms with Crippen LogP contribution in [0.1, 0.15) is 44.3 Å². The lowest BCUT2D eigenvalue weighted by Crippen LogP contribution is -2.34. The number of benzene rings is 1. The van der Waals surface area contributed by atoms with Crippen LogP contribution in [0.5, 0.6) is 0 Å². The topological polar surface area (TPSA) is 61.4 Å². The Morgan fingerprint density at radius 2 is 2.00 bits per heavy atom. The second kappa shape index (κ2) is 5.09. The largest absolute Gasteiger partial charge is 0.389 e. The second-order valence-electron chi connectivity index (χ2n) is 6.24. The SMILES string of the molecule is CC(O)c1ccc(NC(=O)NCC2(C3CC3)CC2)cc1. The summed E-state index contributed by atoms with van der Waals surface area (Å²) in [5.74, 6) is 0.855. The van der Waals surface area contributed by atoms with Crippen LogP contribution in [0.25, 0.3) is 0 Å². The van der Waals surface area contributed by atoms with Crippen molar-refractivity contribution in [2.75, 3.05) is 11.9 Å². The number of carbonyl (C=O) groups excluding carboxylic acids is 1. The number of hydrogen-bond donors (Lipinski definition) is 3. The monoisotopic (exact) mass is 274 g/mol. The van der Waals surface area contributed by atoms with E-state index in [0.29, 0.717) is 5.41 Å². The molecule has 108 valence electrons. The fourth-order valence-corrected chi connectivity index (χ4v) is 2.86. The maximum atomic E-state index is 11.9. The summed E-state index contributed by atoms with van der Waals surface area (Å²) in [5, 5.41) is 15.3. The molecule has 1 atom stereocenters. The van der Waals surface area contributed by atoms with Gasteiger partial charge >= 0.3 is 6.03 Å². The van der Waals surface area contributed by atoms with E-state index in [9.17, 15) is 9.90 Å². The molecule has 1 unspecified atom stereocenters. The van der Waals surface area contributed by atoms with Gasteiger partial charge in [-0.2, -0.15) is 0 Å². The third kappa shape index (κ3) is 2.96. The van der Waals surface area contributed by atoms with Gasteiger partial charge in [0, 0.05) is 12.2 Å². The van der Waals surface area contributed by atoms with Gasteiger partial charge in [0.15, 0.2) is 0 Å². The van der Waals surface area contributed by atoms with Gasteiger partial charge in [-0.15, -0.1) is 0 Å². The highest BCUT2D eigenvalue weighted by Crippen LogP contribution is 2.60. The molecule has 4 heteroatoms. The third-order valence-corrected chi connectivity index (χ3v) is 4.59. The average Bonchev–Trinajstić information content (AvgIpc) is 3.28. The van der Waals surface area contributed by atoms with Gasteiger partial charge in [-0.3, -0.25) is 0 Å². The fraction of sp³-hybridized carbons (Fsp3) is 0.562. The summed E-state index contributed by atoms with van der Waals surface area (Å²) in [5.41, 5.74) is 2.03. The molecule has 0 heterocycles. The second-order valence-corrected chi connectivity index (χ2v) is 6.24. The quantitative estimate of drug-likeness (QED) is 0.772. The van der Waals surface area contributed by atoms with Crippen LogP contribution in [0.15, 0.2) is 24.3 Å². The highest BCUT2D eigenvalue weighted by atomic mass is 16.3. The van der Waals surface area contributed by atoms with Gasteiger partial charge in [0.05, 0.1) is 6.10 Å². The van der Waals surface area contributed by atoms with Crippen molar-refractivity contribution in [2.45, 2.75) is 38.7 Å². The first-order valence-electron chi connectivity index (χ1n) is 7.42. The van der Waals surface area contributed by atoms with E-state index in [1.54, 1.807) is 6.92 Å². The van der Waals surface area contributed by atoms with Gasteiger partial charge < -0.3 is 15.7 Å². The zero-order valence-corrected chi connectivity index (χ0v) is 11.9. The van der Waals surface area contributed by atoms with E-state index in [2.05, 4.69) is 10.6 Å². The van der Waals surface area contributed by atoms with Crippen LogP contribution in [0, 0.1) is 11.3 Å². The molecule has 2 aliphatic carbocycles. The van der Waals surface area contributed by atoms with Gasteiger partial charge in [0.25, 0.3) is 0 Å². The first-order chi connectivity index (χ1) is 9.59. The summed E-state index contributed by atoms with van der Waals surface area (Å²) in [4.78, 5) is 11.9. The first kappa shape index (κ1) is 13.4. The smallest absolute Gasteiger partial charge is 0.319 e. The minimum absolute atomic E-state index is 0.137. The molecular formula is C16H22N2O2. The van der Waals surface area contributed by atoms with Gasteiger partial charge in [0.1, 0.15) is 0 Å². The molecule has 0 bridgehead atoms. The molecule has 3 rings (SSSR count). The lowest BCUT2D eigenvalue weighted by atomic mass is 10.0. The molecule has 2 saturated carbocycles. The lowest BCUT2D eigenvalue weighted by molar-refractivity contribution is 0.199. The van der Waals surface area contributed by atoms with Crippen LogP contribution in [0.4, 0.5) is 10.5 Å². The van der Waals surface area contributed by atoms with Crippen LogP contribution in [0.3, 0.4) is 0 Å². The molecule has 20 heavy (non-hydrogen) atoms. The van der Waals surface area contributed by atoms with E-state index < -0.39 is 6.10 Å². The molecule has 0 radical (unpaired) electrons. The number of amides is 2. The van der Waals surface area contributed by atoms with E-state index in [1.165, 1.54) is 25.7 Å². The molecule has 2 aliphatic rings. The number of rotatable bonds is 5. The third-order valence-electron chi connectivity index (χ3n) is 4.59. The van der Waals surface area contributed by atoms with Crippen LogP contribution < -0.4 is 10.6 Å². The van der Waals surface area contributed by atoms with E-state index in [4.69, 9.17) is 0 Å².